The molecule has 0 atom stereocenters. The van der Waals surface area contributed by atoms with E-state index in [0.717, 1.165) is 27.4 Å². The van der Waals surface area contributed by atoms with Crippen LogP contribution in [0.25, 0.3) is 38.4 Å². The molecule has 28 heavy (non-hydrogen) atoms. The average Bonchev–Trinajstić information content (AvgIpc) is 2.70. The fraction of sp³-hybridized carbons (Fsp3) is 0.167. The Morgan fingerprint density at radius 2 is 1.61 bits per heavy atom. The molecule has 4 aromatic rings. The first-order valence-corrected chi connectivity index (χ1v) is 9.22. The number of esters is 1. The van der Waals surface area contributed by atoms with E-state index in [2.05, 4.69) is 41.3 Å². The topological polar surface area (TPSA) is 53.3 Å². The van der Waals surface area contributed by atoms with Crippen LogP contribution in [-0.2, 0) is 9.53 Å². The van der Waals surface area contributed by atoms with Crippen LogP contribution in [0.3, 0.4) is 0 Å². The van der Waals surface area contributed by atoms with Crippen molar-refractivity contribution in [3.05, 3.63) is 59.7 Å². The number of carbonyl (C=O) groups excluding carboxylic acids is 1. The molecule has 0 aliphatic heterocycles. The molecule has 4 nitrogen and oxygen atoms in total. The van der Waals surface area contributed by atoms with Crippen molar-refractivity contribution in [2.75, 3.05) is 25.6 Å². The van der Waals surface area contributed by atoms with Gasteiger partial charge in [0, 0.05) is 25.2 Å². The summed E-state index contributed by atoms with van der Waals surface area (Å²) in [6.45, 7) is 1.97. The fourth-order valence-corrected chi connectivity index (χ4v) is 3.83. The number of hydrogen-bond donors (Lipinski definition) is 0. The third-order valence-electron chi connectivity index (χ3n) is 5.07. The van der Waals surface area contributed by atoms with Gasteiger partial charge in [0.25, 0.3) is 0 Å². The van der Waals surface area contributed by atoms with Crippen molar-refractivity contribution in [3.63, 3.8) is 0 Å². The summed E-state index contributed by atoms with van der Waals surface area (Å²) < 4.78 is 5.00. The summed E-state index contributed by atoms with van der Waals surface area (Å²) >= 11 is 0. The summed E-state index contributed by atoms with van der Waals surface area (Å²) in [5, 5.41) is 16.3. The van der Waals surface area contributed by atoms with Crippen LogP contribution in [-0.4, -0.2) is 26.7 Å². The summed E-state index contributed by atoms with van der Waals surface area (Å²) in [4.78, 5) is 14.2. The van der Waals surface area contributed by atoms with Crippen LogP contribution >= 0.6 is 0 Å². The number of nitrogens with zero attached hydrogens (tertiary/aromatic N) is 2. The van der Waals surface area contributed by atoms with E-state index in [-0.39, 0.29) is 12.2 Å². The number of hydrogen-bond acceptors (Lipinski definition) is 4. The van der Waals surface area contributed by atoms with Gasteiger partial charge < -0.3 is 9.64 Å². The first kappa shape index (κ1) is 17.8. The van der Waals surface area contributed by atoms with Crippen molar-refractivity contribution < 1.29 is 9.53 Å². The zero-order valence-corrected chi connectivity index (χ0v) is 16.1. The van der Waals surface area contributed by atoms with Gasteiger partial charge in [-0.25, -0.2) is 4.79 Å². The van der Waals surface area contributed by atoms with Crippen LogP contribution in [0.4, 0.5) is 5.69 Å². The Kier molecular flexibility index (Phi) is 4.37. The maximum absolute atomic E-state index is 12.0. The van der Waals surface area contributed by atoms with Crippen molar-refractivity contribution in [3.8, 4) is 6.07 Å². The van der Waals surface area contributed by atoms with Crippen LogP contribution in [0.5, 0.6) is 0 Å². The van der Waals surface area contributed by atoms with Crippen molar-refractivity contribution >= 4 is 50.1 Å². The molecule has 0 unspecified atom stereocenters. The molecule has 0 aliphatic rings. The number of ether oxygens (including phenoxy) is 1. The van der Waals surface area contributed by atoms with Gasteiger partial charge in [0.15, 0.2) is 0 Å². The highest BCUT2D eigenvalue weighted by molar-refractivity contribution is 6.26. The van der Waals surface area contributed by atoms with E-state index in [9.17, 15) is 10.1 Å². The van der Waals surface area contributed by atoms with Gasteiger partial charge in [0.05, 0.1) is 6.61 Å². The van der Waals surface area contributed by atoms with Gasteiger partial charge >= 0.3 is 5.97 Å². The molecule has 0 fully saturated rings. The van der Waals surface area contributed by atoms with E-state index in [1.54, 1.807) is 13.0 Å². The molecule has 0 saturated heterocycles. The van der Waals surface area contributed by atoms with Crippen LogP contribution in [0.2, 0.25) is 0 Å². The molecule has 138 valence electrons. The zero-order valence-electron chi connectivity index (χ0n) is 16.1. The van der Waals surface area contributed by atoms with Gasteiger partial charge in [0.1, 0.15) is 11.6 Å². The molecule has 0 heterocycles. The van der Waals surface area contributed by atoms with E-state index in [1.165, 1.54) is 16.2 Å². The van der Waals surface area contributed by atoms with E-state index in [4.69, 9.17) is 4.74 Å². The molecule has 4 aromatic carbocycles. The van der Waals surface area contributed by atoms with E-state index < -0.39 is 5.97 Å². The van der Waals surface area contributed by atoms with E-state index in [1.807, 2.05) is 32.3 Å². The minimum absolute atomic E-state index is 0.00543. The number of benzene rings is 4. The van der Waals surface area contributed by atoms with Crippen LogP contribution in [0, 0.1) is 11.3 Å². The number of rotatable bonds is 4. The Hall–Kier alpha value is -3.58. The highest BCUT2D eigenvalue weighted by Crippen LogP contribution is 2.39. The lowest BCUT2D eigenvalue weighted by Gasteiger charge is -2.19. The number of nitriles is 1. The average molecular weight is 368 g/mol. The lowest BCUT2D eigenvalue weighted by molar-refractivity contribution is -0.137. The smallest absolute Gasteiger partial charge is 0.348 e. The van der Waals surface area contributed by atoms with E-state index in [0.29, 0.717) is 0 Å². The lowest BCUT2D eigenvalue weighted by atomic mass is 9.90. The molecule has 0 amide bonds. The fourth-order valence-electron chi connectivity index (χ4n) is 3.83. The Balaban J connectivity index is 2.05. The Morgan fingerprint density at radius 1 is 1.00 bits per heavy atom. The second-order valence-corrected chi connectivity index (χ2v) is 6.95. The second kappa shape index (κ2) is 6.86. The highest BCUT2D eigenvalue weighted by Gasteiger charge is 2.15. The molecule has 0 bridgehead atoms. The standard InChI is InChI=1S/C24H20N2O2/c1-4-28-24(27)18(14-25)13-17-6-5-15-8-11-20-21(26(2)3)12-9-16-7-10-19(17)22(15)23(16)20/h5-13H,4H2,1-3H3. The van der Waals surface area contributed by atoms with Crippen molar-refractivity contribution in [1.29, 1.82) is 5.26 Å². The first-order chi connectivity index (χ1) is 13.5. The molecule has 0 spiro atoms. The summed E-state index contributed by atoms with van der Waals surface area (Å²) in [6, 6.07) is 18.7. The minimum Gasteiger partial charge on any atom is -0.462 e. The predicted octanol–water partition coefficient (Wildman–Crippen LogP) is 5.12. The Morgan fingerprint density at radius 3 is 2.25 bits per heavy atom. The number of anilines is 1. The number of carbonyl (C=O) groups is 1. The summed E-state index contributed by atoms with van der Waals surface area (Å²) in [6.07, 6.45) is 1.62. The third-order valence-corrected chi connectivity index (χ3v) is 5.07. The largest absolute Gasteiger partial charge is 0.462 e. The predicted molar refractivity (Wildman–Crippen MR) is 115 cm³/mol. The van der Waals surface area contributed by atoms with Crippen molar-refractivity contribution in [2.24, 2.45) is 0 Å². The minimum atomic E-state index is -0.592. The van der Waals surface area contributed by atoms with E-state index >= 15 is 0 Å². The van der Waals surface area contributed by atoms with Crippen molar-refractivity contribution in [2.45, 2.75) is 6.92 Å². The molecular weight excluding hydrogens is 348 g/mol. The molecule has 0 aliphatic carbocycles. The molecule has 0 saturated carbocycles. The molecule has 0 N–H and O–H groups in total. The normalized spacial score (nSPS) is 11.9. The monoisotopic (exact) mass is 368 g/mol. The van der Waals surface area contributed by atoms with Gasteiger partial charge in [-0.05, 0) is 51.6 Å². The summed E-state index contributed by atoms with van der Waals surface area (Å²) in [7, 11) is 4.08. The van der Waals surface area contributed by atoms with Crippen molar-refractivity contribution in [1.82, 2.24) is 0 Å². The third kappa shape index (κ3) is 2.73. The molecule has 0 radical (unpaired) electrons. The van der Waals surface area contributed by atoms with Gasteiger partial charge in [-0.15, -0.1) is 0 Å². The van der Waals surface area contributed by atoms with Crippen LogP contribution in [0.1, 0.15) is 12.5 Å². The van der Waals surface area contributed by atoms with Crippen LogP contribution in [0.15, 0.2) is 54.1 Å². The Bertz CT molecular complexity index is 1280. The molecule has 4 heteroatoms. The quantitative estimate of drug-likeness (QED) is 0.217. The summed E-state index contributed by atoms with van der Waals surface area (Å²) in [5.41, 5.74) is 2.00. The second-order valence-electron chi connectivity index (χ2n) is 6.95. The lowest BCUT2D eigenvalue weighted by Crippen LogP contribution is -2.09. The summed E-state index contributed by atoms with van der Waals surface area (Å²) in [5.74, 6) is -0.592. The van der Waals surface area contributed by atoms with Gasteiger partial charge in [-0.3, -0.25) is 0 Å². The van der Waals surface area contributed by atoms with Gasteiger partial charge in [-0.1, -0.05) is 42.5 Å². The molecule has 4 rings (SSSR count). The Labute approximate surface area is 163 Å². The maximum Gasteiger partial charge on any atom is 0.348 e. The SMILES string of the molecule is CCOC(=O)C(C#N)=Cc1ccc2ccc3c(N(C)C)ccc4ccc1c2c43. The van der Waals surface area contributed by atoms with Crippen LogP contribution < -0.4 is 4.90 Å². The zero-order chi connectivity index (χ0) is 19.8. The van der Waals surface area contributed by atoms with Gasteiger partial charge in [0.2, 0.25) is 0 Å². The highest BCUT2D eigenvalue weighted by atomic mass is 16.5. The van der Waals surface area contributed by atoms with Gasteiger partial charge in [-0.2, -0.15) is 5.26 Å². The first-order valence-electron chi connectivity index (χ1n) is 9.22. The maximum atomic E-state index is 12.0. The molecular formula is C24H20N2O2. The molecule has 0 aromatic heterocycles.